The van der Waals surface area contributed by atoms with E-state index < -0.39 is 0 Å². The summed E-state index contributed by atoms with van der Waals surface area (Å²) in [5.41, 5.74) is 1.51. The number of anilines is 1. The van der Waals surface area contributed by atoms with Crippen molar-refractivity contribution in [1.29, 1.82) is 0 Å². The second-order valence-corrected chi connectivity index (χ2v) is 4.83. The van der Waals surface area contributed by atoms with Crippen LogP contribution in [-0.4, -0.2) is 15.9 Å². The predicted molar refractivity (Wildman–Crippen MR) is 75.4 cm³/mol. The molecule has 1 N–H and O–H groups in total. The molecule has 0 aliphatic carbocycles. The Kier molecular flexibility index (Phi) is 4.71. The van der Waals surface area contributed by atoms with Gasteiger partial charge in [-0.2, -0.15) is 0 Å². The largest absolute Gasteiger partial charge is 0.326 e. The van der Waals surface area contributed by atoms with E-state index in [1.54, 1.807) is 30.6 Å². The first-order valence-corrected chi connectivity index (χ1v) is 6.39. The maximum Gasteiger partial charge on any atom is 0.224 e. The number of nitrogens with one attached hydrogen (secondary N) is 1. The minimum atomic E-state index is -0.109. The van der Waals surface area contributed by atoms with E-state index >= 15 is 0 Å². The Labute approximate surface area is 120 Å². The number of halogens is 2. The number of carbonyl (C=O) groups excluding carboxylic acids is 1. The first-order chi connectivity index (χ1) is 9.13. The van der Waals surface area contributed by atoms with E-state index in [0.29, 0.717) is 28.6 Å². The quantitative estimate of drug-likeness (QED) is 0.941. The Bertz CT molecular complexity index is 555. The Hall–Kier alpha value is -1.65. The minimum absolute atomic E-state index is 0.109. The second-order valence-electron chi connectivity index (χ2n) is 3.95. The molecular formula is C13H11Cl2N3O. The molecule has 0 atom stereocenters. The molecular weight excluding hydrogens is 285 g/mol. The highest BCUT2D eigenvalue weighted by Gasteiger charge is 2.05. The molecule has 0 unspecified atom stereocenters. The Morgan fingerprint density at radius 1 is 1.11 bits per heavy atom. The normalized spacial score (nSPS) is 10.2. The number of carbonyl (C=O) groups is 1. The van der Waals surface area contributed by atoms with Gasteiger partial charge in [0.15, 0.2) is 0 Å². The summed E-state index contributed by atoms with van der Waals surface area (Å²) in [5, 5.41) is 3.72. The predicted octanol–water partition coefficient (Wildman–Crippen LogP) is 3.35. The van der Waals surface area contributed by atoms with E-state index in [9.17, 15) is 4.79 Å². The fourth-order valence-corrected chi connectivity index (χ4v) is 2.09. The number of aryl methyl sites for hydroxylation is 1. The molecule has 0 bridgehead atoms. The molecule has 0 fully saturated rings. The smallest absolute Gasteiger partial charge is 0.224 e. The monoisotopic (exact) mass is 295 g/mol. The van der Waals surface area contributed by atoms with Crippen molar-refractivity contribution >= 4 is 34.8 Å². The maximum absolute atomic E-state index is 11.8. The number of amides is 1. The SMILES string of the molecule is O=C(CCc1cncnc1)Nc1cc(Cl)cc(Cl)c1. The summed E-state index contributed by atoms with van der Waals surface area (Å²) in [7, 11) is 0. The van der Waals surface area contributed by atoms with Crippen molar-refractivity contribution < 1.29 is 4.79 Å². The van der Waals surface area contributed by atoms with Gasteiger partial charge >= 0.3 is 0 Å². The van der Waals surface area contributed by atoms with Gasteiger partial charge in [-0.05, 0) is 30.2 Å². The van der Waals surface area contributed by atoms with Gasteiger partial charge in [-0.1, -0.05) is 23.2 Å². The number of hydrogen-bond acceptors (Lipinski definition) is 3. The van der Waals surface area contributed by atoms with Crippen LogP contribution in [0, 0.1) is 0 Å². The standard InChI is InChI=1S/C13H11Cl2N3O/c14-10-3-11(15)5-12(4-10)18-13(19)2-1-9-6-16-8-17-7-9/h3-8H,1-2H2,(H,18,19). The molecule has 1 aromatic heterocycles. The van der Waals surface area contributed by atoms with E-state index in [4.69, 9.17) is 23.2 Å². The molecule has 0 aliphatic rings. The van der Waals surface area contributed by atoms with Gasteiger partial charge in [0.1, 0.15) is 6.33 Å². The Morgan fingerprint density at radius 2 is 1.74 bits per heavy atom. The average Bonchev–Trinajstić information content (AvgIpc) is 2.36. The summed E-state index contributed by atoms with van der Waals surface area (Å²) in [6.45, 7) is 0. The zero-order valence-electron chi connectivity index (χ0n) is 9.94. The van der Waals surface area contributed by atoms with Crippen LogP contribution in [0.4, 0.5) is 5.69 Å². The molecule has 0 saturated carbocycles. The number of hydrogen-bond donors (Lipinski definition) is 1. The highest BCUT2D eigenvalue weighted by molar-refractivity contribution is 6.35. The lowest BCUT2D eigenvalue weighted by atomic mass is 10.2. The Balaban J connectivity index is 1.91. The molecule has 0 spiro atoms. The number of aromatic nitrogens is 2. The van der Waals surface area contributed by atoms with Gasteiger partial charge in [0.25, 0.3) is 0 Å². The van der Waals surface area contributed by atoms with E-state index in [0.717, 1.165) is 5.56 Å². The van der Waals surface area contributed by atoms with Crippen LogP contribution in [0.25, 0.3) is 0 Å². The van der Waals surface area contributed by atoms with Crippen molar-refractivity contribution in [3.8, 4) is 0 Å². The lowest BCUT2D eigenvalue weighted by molar-refractivity contribution is -0.116. The van der Waals surface area contributed by atoms with Crippen molar-refractivity contribution in [1.82, 2.24) is 9.97 Å². The molecule has 0 aliphatic heterocycles. The van der Waals surface area contributed by atoms with Crippen LogP contribution in [0.1, 0.15) is 12.0 Å². The van der Waals surface area contributed by atoms with E-state index in [-0.39, 0.29) is 5.91 Å². The molecule has 0 radical (unpaired) electrons. The van der Waals surface area contributed by atoms with Gasteiger partial charge in [-0.15, -0.1) is 0 Å². The molecule has 2 aromatic rings. The summed E-state index contributed by atoms with van der Waals surface area (Å²) >= 11 is 11.7. The van der Waals surface area contributed by atoms with Gasteiger partial charge in [-0.3, -0.25) is 4.79 Å². The number of nitrogens with zero attached hydrogens (tertiary/aromatic N) is 2. The van der Waals surface area contributed by atoms with Crippen molar-refractivity contribution in [3.63, 3.8) is 0 Å². The van der Waals surface area contributed by atoms with Crippen molar-refractivity contribution in [2.24, 2.45) is 0 Å². The third-order valence-electron chi connectivity index (χ3n) is 2.40. The van der Waals surface area contributed by atoms with E-state index in [1.165, 1.54) is 6.33 Å². The summed E-state index contributed by atoms with van der Waals surface area (Å²) in [4.78, 5) is 19.6. The summed E-state index contributed by atoms with van der Waals surface area (Å²) < 4.78 is 0. The lowest BCUT2D eigenvalue weighted by Crippen LogP contribution is -2.12. The third kappa shape index (κ3) is 4.50. The number of benzene rings is 1. The topological polar surface area (TPSA) is 54.9 Å². The van der Waals surface area contributed by atoms with Crippen LogP contribution in [-0.2, 0) is 11.2 Å². The molecule has 98 valence electrons. The third-order valence-corrected chi connectivity index (χ3v) is 2.84. The van der Waals surface area contributed by atoms with Gasteiger partial charge in [0, 0.05) is 34.5 Å². The second kappa shape index (κ2) is 6.50. The molecule has 1 amide bonds. The number of rotatable bonds is 4. The maximum atomic E-state index is 11.8. The summed E-state index contributed by atoms with van der Waals surface area (Å²) in [5.74, 6) is -0.109. The van der Waals surface area contributed by atoms with Crippen LogP contribution in [0.2, 0.25) is 10.0 Å². The molecule has 6 heteroatoms. The molecule has 1 heterocycles. The van der Waals surface area contributed by atoms with Gasteiger partial charge in [0.2, 0.25) is 5.91 Å². The van der Waals surface area contributed by atoms with Gasteiger partial charge in [-0.25, -0.2) is 9.97 Å². The highest BCUT2D eigenvalue weighted by Crippen LogP contribution is 2.22. The average molecular weight is 296 g/mol. The molecule has 0 saturated heterocycles. The van der Waals surface area contributed by atoms with Crippen LogP contribution >= 0.6 is 23.2 Å². The highest BCUT2D eigenvalue weighted by atomic mass is 35.5. The molecule has 4 nitrogen and oxygen atoms in total. The summed E-state index contributed by atoms with van der Waals surface area (Å²) in [6.07, 6.45) is 5.77. The van der Waals surface area contributed by atoms with Crippen molar-refractivity contribution in [2.75, 3.05) is 5.32 Å². The van der Waals surface area contributed by atoms with Crippen molar-refractivity contribution in [2.45, 2.75) is 12.8 Å². The van der Waals surface area contributed by atoms with E-state index in [2.05, 4.69) is 15.3 Å². The zero-order valence-corrected chi connectivity index (χ0v) is 11.4. The first kappa shape index (κ1) is 13.8. The van der Waals surface area contributed by atoms with Gasteiger partial charge in [0.05, 0.1) is 0 Å². The zero-order chi connectivity index (χ0) is 13.7. The minimum Gasteiger partial charge on any atom is -0.326 e. The first-order valence-electron chi connectivity index (χ1n) is 5.63. The van der Waals surface area contributed by atoms with Crippen LogP contribution in [0.5, 0.6) is 0 Å². The lowest BCUT2D eigenvalue weighted by Gasteiger charge is -2.06. The van der Waals surface area contributed by atoms with E-state index in [1.807, 2.05) is 0 Å². The van der Waals surface area contributed by atoms with Crippen molar-refractivity contribution in [3.05, 3.63) is 52.5 Å². The van der Waals surface area contributed by atoms with Crippen LogP contribution in [0.15, 0.2) is 36.9 Å². The fourth-order valence-electron chi connectivity index (χ4n) is 1.57. The summed E-state index contributed by atoms with van der Waals surface area (Å²) in [6, 6.07) is 4.91. The van der Waals surface area contributed by atoms with Gasteiger partial charge < -0.3 is 5.32 Å². The Morgan fingerprint density at radius 3 is 2.37 bits per heavy atom. The molecule has 19 heavy (non-hydrogen) atoms. The molecule has 2 rings (SSSR count). The van der Waals surface area contributed by atoms with Crippen LogP contribution in [0.3, 0.4) is 0 Å². The van der Waals surface area contributed by atoms with Crippen LogP contribution < -0.4 is 5.32 Å². The molecule has 1 aromatic carbocycles. The fraction of sp³-hybridized carbons (Fsp3) is 0.154.